The number of nitrogens with zero attached hydrogens (tertiary/aromatic N) is 2. The minimum atomic E-state index is -0.524. The number of furan rings is 1. The van der Waals surface area contributed by atoms with Gasteiger partial charge >= 0.3 is 0 Å². The van der Waals surface area contributed by atoms with Crippen molar-refractivity contribution in [2.75, 3.05) is 6.61 Å². The van der Waals surface area contributed by atoms with E-state index in [1.165, 1.54) is 30.0 Å². The van der Waals surface area contributed by atoms with Crippen molar-refractivity contribution in [1.82, 2.24) is 5.43 Å². The first-order chi connectivity index (χ1) is 15.4. The molecule has 8 nitrogen and oxygen atoms in total. The van der Waals surface area contributed by atoms with Crippen LogP contribution in [0.5, 0.6) is 5.75 Å². The van der Waals surface area contributed by atoms with Crippen LogP contribution in [0.4, 0.5) is 5.69 Å². The molecule has 0 bridgehead atoms. The van der Waals surface area contributed by atoms with E-state index in [1.807, 2.05) is 24.3 Å². The number of halogens is 1. The minimum absolute atomic E-state index is 0.108. The van der Waals surface area contributed by atoms with E-state index in [0.717, 1.165) is 6.42 Å². The van der Waals surface area contributed by atoms with E-state index in [9.17, 15) is 14.9 Å². The summed E-state index contributed by atoms with van der Waals surface area (Å²) in [6.07, 6.45) is 2.39. The first-order valence-electron chi connectivity index (χ1n) is 9.96. The highest BCUT2D eigenvalue weighted by molar-refractivity contribution is 6.33. The fourth-order valence-corrected chi connectivity index (χ4v) is 3.13. The summed E-state index contributed by atoms with van der Waals surface area (Å²) in [4.78, 5) is 22.2. The maximum absolute atomic E-state index is 11.9. The van der Waals surface area contributed by atoms with Crippen LogP contribution >= 0.6 is 11.6 Å². The highest BCUT2D eigenvalue weighted by atomic mass is 35.5. The summed E-state index contributed by atoms with van der Waals surface area (Å²) in [6.45, 7) is 4.11. The topological polar surface area (TPSA) is 107 Å². The van der Waals surface area contributed by atoms with Crippen molar-refractivity contribution < 1.29 is 18.9 Å². The molecule has 3 aromatic rings. The molecule has 1 aromatic heterocycles. The van der Waals surface area contributed by atoms with Crippen LogP contribution in [-0.4, -0.2) is 23.7 Å². The second-order valence-corrected chi connectivity index (χ2v) is 7.49. The number of rotatable bonds is 9. The molecule has 0 unspecified atom stereocenters. The van der Waals surface area contributed by atoms with Gasteiger partial charge in [0.05, 0.1) is 16.2 Å². The van der Waals surface area contributed by atoms with Gasteiger partial charge in [0.2, 0.25) is 0 Å². The summed E-state index contributed by atoms with van der Waals surface area (Å²) < 4.78 is 11.1. The molecule has 1 atom stereocenters. The van der Waals surface area contributed by atoms with Crippen LogP contribution in [0, 0.1) is 10.1 Å². The number of hydrazone groups is 1. The lowest BCUT2D eigenvalue weighted by atomic mass is 9.99. The molecule has 2 aromatic carbocycles. The van der Waals surface area contributed by atoms with Gasteiger partial charge in [0.1, 0.15) is 17.3 Å². The summed E-state index contributed by atoms with van der Waals surface area (Å²) in [7, 11) is 0. The van der Waals surface area contributed by atoms with Gasteiger partial charge < -0.3 is 9.15 Å². The smallest absolute Gasteiger partial charge is 0.277 e. The fraction of sp³-hybridized carbons (Fsp3) is 0.217. The molecule has 0 aliphatic carbocycles. The van der Waals surface area contributed by atoms with Crippen molar-refractivity contribution in [1.29, 1.82) is 0 Å². The number of hydrogen-bond acceptors (Lipinski definition) is 6. The molecule has 0 saturated carbocycles. The zero-order valence-corrected chi connectivity index (χ0v) is 18.3. The molecule has 1 amide bonds. The molecule has 0 aliphatic heterocycles. The highest BCUT2D eigenvalue weighted by Gasteiger charge is 2.13. The first-order valence-corrected chi connectivity index (χ1v) is 10.3. The van der Waals surface area contributed by atoms with Gasteiger partial charge in [-0.05, 0) is 48.2 Å². The maximum atomic E-state index is 11.9. The normalized spacial score (nSPS) is 12.0. The van der Waals surface area contributed by atoms with Gasteiger partial charge in [-0.2, -0.15) is 5.10 Å². The number of nitro benzene ring substituents is 1. The molecule has 1 heterocycles. The molecule has 0 aliphatic rings. The van der Waals surface area contributed by atoms with Crippen molar-refractivity contribution in [3.63, 3.8) is 0 Å². The first kappa shape index (κ1) is 23.0. The molecule has 0 spiro atoms. The van der Waals surface area contributed by atoms with Crippen molar-refractivity contribution >= 4 is 29.4 Å². The third-order valence-electron chi connectivity index (χ3n) is 4.87. The van der Waals surface area contributed by atoms with E-state index in [4.69, 9.17) is 20.8 Å². The predicted octanol–water partition coefficient (Wildman–Crippen LogP) is 5.55. The summed E-state index contributed by atoms with van der Waals surface area (Å²) in [5.41, 5.74) is 3.99. The lowest BCUT2D eigenvalue weighted by Crippen LogP contribution is -2.24. The van der Waals surface area contributed by atoms with Gasteiger partial charge in [-0.15, -0.1) is 0 Å². The number of amides is 1. The summed E-state index contributed by atoms with van der Waals surface area (Å²) in [5.74, 6) is 1.45. The second kappa shape index (κ2) is 10.6. The molecule has 3 rings (SSSR count). The molecule has 9 heteroatoms. The molecule has 0 radical (unpaired) electrons. The van der Waals surface area contributed by atoms with Crippen molar-refractivity contribution in [2.45, 2.75) is 26.2 Å². The lowest BCUT2D eigenvalue weighted by Gasteiger charge is -2.10. The second-order valence-electron chi connectivity index (χ2n) is 7.08. The van der Waals surface area contributed by atoms with Crippen LogP contribution in [0.15, 0.2) is 64.1 Å². The monoisotopic (exact) mass is 455 g/mol. The van der Waals surface area contributed by atoms with Crippen LogP contribution in [0.1, 0.15) is 37.5 Å². The van der Waals surface area contributed by atoms with Gasteiger partial charge in [0, 0.05) is 17.7 Å². The Kier molecular flexibility index (Phi) is 7.62. The van der Waals surface area contributed by atoms with E-state index >= 15 is 0 Å². The number of ether oxygens (including phenoxy) is 1. The van der Waals surface area contributed by atoms with Crippen LogP contribution < -0.4 is 10.2 Å². The molecule has 0 saturated heterocycles. The number of hydrogen-bond donors (Lipinski definition) is 1. The van der Waals surface area contributed by atoms with Gasteiger partial charge in [-0.3, -0.25) is 14.9 Å². The Labute approximate surface area is 190 Å². The highest BCUT2D eigenvalue weighted by Crippen LogP contribution is 2.32. The Morgan fingerprint density at radius 3 is 2.66 bits per heavy atom. The van der Waals surface area contributed by atoms with Gasteiger partial charge in [-0.1, -0.05) is 37.6 Å². The Morgan fingerprint density at radius 2 is 2.00 bits per heavy atom. The Bertz CT molecular complexity index is 1120. The zero-order valence-electron chi connectivity index (χ0n) is 17.6. The fourth-order valence-electron chi connectivity index (χ4n) is 2.86. The Balaban J connectivity index is 1.51. The van der Waals surface area contributed by atoms with Gasteiger partial charge in [0.15, 0.2) is 6.61 Å². The average Bonchev–Trinajstić information content (AvgIpc) is 3.26. The number of carbonyl (C=O) groups excluding carboxylic acids is 1. The maximum Gasteiger partial charge on any atom is 0.277 e. The Hall–Kier alpha value is -3.65. The minimum Gasteiger partial charge on any atom is -0.484 e. The summed E-state index contributed by atoms with van der Waals surface area (Å²) in [6, 6.07) is 15.1. The number of carbonyl (C=O) groups is 1. The molecular formula is C23H22ClN3O5. The van der Waals surface area contributed by atoms with Crippen LogP contribution in [0.2, 0.25) is 5.02 Å². The SMILES string of the molecule is CC[C@H](C)c1ccc(OCC(=O)N/N=C\c2ccc(-c3ccc([N+](=O)[O-])cc3Cl)o2)cc1. The van der Waals surface area contributed by atoms with Crippen molar-refractivity contribution in [3.8, 4) is 17.1 Å². The quantitative estimate of drug-likeness (QED) is 0.258. The van der Waals surface area contributed by atoms with Crippen LogP contribution in [-0.2, 0) is 4.79 Å². The summed E-state index contributed by atoms with van der Waals surface area (Å²) in [5, 5.41) is 14.9. The van der Waals surface area contributed by atoms with Gasteiger partial charge in [0.25, 0.3) is 11.6 Å². The van der Waals surface area contributed by atoms with Crippen LogP contribution in [0.25, 0.3) is 11.3 Å². The zero-order chi connectivity index (χ0) is 23.1. The molecule has 1 N–H and O–H groups in total. The van der Waals surface area contributed by atoms with E-state index in [0.29, 0.717) is 28.8 Å². The molecule has 0 fully saturated rings. The number of benzene rings is 2. The van der Waals surface area contributed by atoms with E-state index in [2.05, 4.69) is 24.4 Å². The van der Waals surface area contributed by atoms with Gasteiger partial charge in [-0.25, -0.2) is 5.43 Å². The molecular weight excluding hydrogens is 434 g/mol. The number of non-ortho nitro benzene ring substituents is 1. The predicted molar refractivity (Wildman–Crippen MR) is 122 cm³/mol. The Morgan fingerprint density at radius 1 is 1.25 bits per heavy atom. The largest absolute Gasteiger partial charge is 0.484 e. The standard InChI is InChI=1S/C23H22ClN3O5/c1-3-15(2)16-4-7-18(8-5-16)31-14-23(28)26-25-13-19-9-11-22(32-19)20-10-6-17(27(29)30)12-21(20)24/h4-13,15H,3,14H2,1-2H3,(H,26,28)/b25-13-/t15-/m0/s1. The third kappa shape index (κ3) is 5.95. The lowest BCUT2D eigenvalue weighted by molar-refractivity contribution is -0.384. The number of nitrogens with one attached hydrogen (secondary N) is 1. The molecule has 166 valence electrons. The average molecular weight is 456 g/mol. The molecule has 32 heavy (non-hydrogen) atoms. The van der Waals surface area contributed by atoms with Crippen molar-refractivity contribution in [3.05, 3.63) is 81.1 Å². The van der Waals surface area contributed by atoms with E-state index in [1.54, 1.807) is 12.1 Å². The van der Waals surface area contributed by atoms with E-state index < -0.39 is 10.8 Å². The van der Waals surface area contributed by atoms with Crippen molar-refractivity contribution in [2.24, 2.45) is 5.10 Å². The van der Waals surface area contributed by atoms with E-state index in [-0.39, 0.29) is 17.3 Å². The summed E-state index contributed by atoms with van der Waals surface area (Å²) >= 11 is 6.11. The number of nitro groups is 1. The third-order valence-corrected chi connectivity index (χ3v) is 5.18. The van der Waals surface area contributed by atoms with Crippen LogP contribution in [0.3, 0.4) is 0 Å².